The van der Waals surface area contributed by atoms with Gasteiger partial charge in [0.1, 0.15) is 6.54 Å². The van der Waals surface area contributed by atoms with Crippen molar-refractivity contribution in [1.82, 2.24) is 10.6 Å². The van der Waals surface area contributed by atoms with Crippen molar-refractivity contribution in [3.63, 3.8) is 0 Å². The maximum atomic E-state index is 11.7. The quantitative estimate of drug-likeness (QED) is 0.645. The van der Waals surface area contributed by atoms with E-state index in [1.807, 2.05) is 0 Å². The van der Waals surface area contributed by atoms with E-state index in [1.165, 1.54) is 0 Å². The van der Waals surface area contributed by atoms with Gasteiger partial charge in [-0.05, 0) is 13.0 Å². The molecule has 15 heavy (non-hydrogen) atoms. The van der Waals surface area contributed by atoms with Crippen LogP contribution in [0.3, 0.4) is 0 Å². The van der Waals surface area contributed by atoms with E-state index >= 15 is 0 Å². The maximum Gasteiger partial charge on any atom is 0.405 e. The van der Waals surface area contributed by atoms with Gasteiger partial charge in [-0.3, -0.25) is 4.79 Å². The van der Waals surface area contributed by atoms with Crippen LogP contribution in [-0.4, -0.2) is 31.7 Å². The number of alkyl halides is 3. The highest BCUT2D eigenvalue weighted by Crippen LogP contribution is 2.11. The number of hydrogen-bond donors (Lipinski definition) is 2. The van der Waals surface area contributed by atoms with Crippen molar-refractivity contribution in [3.8, 4) is 0 Å². The van der Waals surface area contributed by atoms with E-state index in [4.69, 9.17) is 0 Å². The molecule has 90 valence electrons. The van der Waals surface area contributed by atoms with E-state index in [0.29, 0.717) is 6.54 Å². The fraction of sp³-hybridized carbons (Fsp3) is 0.889. The summed E-state index contributed by atoms with van der Waals surface area (Å²) in [4.78, 5) is 10.8. The summed E-state index contributed by atoms with van der Waals surface area (Å²) in [6.07, 6.45) is -1.28. The highest BCUT2D eigenvalue weighted by atomic mass is 19.4. The first-order valence-electron chi connectivity index (χ1n) is 5.00. The van der Waals surface area contributed by atoms with Gasteiger partial charge in [0.05, 0.1) is 6.54 Å². The summed E-state index contributed by atoms with van der Waals surface area (Å²) in [5.41, 5.74) is 0. The first kappa shape index (κ1) is 14.2. The molecule has 0 rings (SSSR count). The zero-order valence-corrected chi connectivity index (χ0v) is 8.78. The van der Waals surface area contributed by atoms with Crippen LogP contribution in [0.5, 0.6) is 0 Å². The Morgan fingerprint density at radius 3 is 2.47 bits per heavy atom. The minimum atomic E-state index is -4.34. The number of amides is 1. The lowest BCUT2D eigenvalue weighted by Crippen LogP contribution is -2.39. The van der Waals surface area contributed by atoms with Crippen molar-refractivity contribution in [2.24, 2.45) is 0 Å². The SMILES string of the molecule is CCCCCNCC(=O)NCC(F)(F)F. The van der Waals surface area contributed by atoms with Crippen molar-refractivity contribution in [3.05, 3.63) is 0 Å². The van der Waals surface area contributed by atoms with Gasteiger partial charge in [0.25, 0.3) is 0 Å². The molecule has 0 unspecified atom stereocenters. The highest BCUT2D eigenvalue weighted by molar-refractivity contribution is 5.77. The predicted molar refractivity (Wildman–Crippen MR) is 51.5 cm³/mol. The molecule has 0 fully saturated rings. The molecule has 0 heterocycles. The van der Waals surface area contributed by atoms with Gasteiger partial charge in [-0.15, -0.1) is 0 Å². The van der Waals surface area contributed by atoms with Gasteiger partial charge in [0.2, 0.25) is 5.91 Å². The zero-order chi connectivity index (χ0) is 11.7. The third-order valence-electron chi connectivity index (χ3n) is 1.73. The Kier molecular flexibility index (Phi) is 7.11. The molecule has 0 saturated heterocycles. The van der Waals surface area contributed by atoms with Crippen molar-refractivity contribution in [1.29, 1.82) is 0 Å². The molecule has 0 bridgehead atoms. The van der Waals surface area contributed by atoms with Crippen molar-refractivity contribution >= 4 is 5.91 Å². The molecule has 0 saturated carbocycles. The van der Waals surface area contributed by atoms with Crippen molar-refractivity contribution in [2.75, 3.05) is 19.6 Å². The van der Waals surface area contributed by atoms with E-state index in [2.05, 4.69) is 12.2 Å². The summed E-state index contributed by atoms with van der Waals surface area (Å²) >= 11 is 0. The lowest BCUT2D eigenvalue weighted by molar-refractivity contribution is -0.137. The molecular formula is C9H17F3N2O. The molecule has 1 amide bonds. The van der Waals surface area contributed by atoms with Gasteiger partial charge in [-0.1, -0.05) is 19.8 Å². The molecule has 0 aromatic carbocycles. The van der Waals surface area contributed by atoms with Gasteiger partial charge >= 0.3 is 6.18 Å². The summed E-state index contributed by atoms with van der Waals surface area (Å²) < 4.78 is 35.0. The Labute approximate surface area is 87.4 Å². The van der Waals surface area contributed by atoms with Crippen molar-refractivity contribution in [2.45, 2.75) is 32.4 Å². The fourth-order valence-electron chi connectivity index (χ4n) is 0.963. The van der Waals surface area contributed by atoms with Gasteiger partial charge in [0.15, 0.2) is 0 Å². The van der Waals surface area contributed by atoms with E-state index in [9.17, 15) is 18.0 Å². The monoisotopic (exact) mass is 226 g/mol. The number of carbonyl (C=O) groups excluding carboxylic acids is 1. The van der Waals surface area contributed by atoms with Crippen LogP contribution in [0.2, 0.25) is 0 Å². The molecule has 3 nitrogen and oxygen atoms in total. The Morgan fingerprint density at radius 1 is 1.27 bits per heavy atom. The molecule has 0 spiro atoms. The average molecular weight is 226 g/mol. The normalized spacial score (nSPS) is 11.5. The van der Waals surface area contributed by atoms with E-state index in [1.54, 1.807) is 5.32 Å². The Hall–Kier alpha value is -0.780. The molecule has 6 heteroatoms. The number of rotatable bonds is 7. The number of unbranched alkanes of at least 4 members (excludes halogenated alkanes) is 2. The maximum absolute atomic E-state index is 11.7. The van der Waals surface area contributed by atoms with Gasteiger partial charge in [-0.25, -0.2) is 0 Å². The van der Waals surface area contributed by atoms with Crippen LogP contribution in [-0.2, 0) is 4.79 Å². The summed E-state index contributed by atoms with van der Waals surface area (Å²) in [6.45, 7) is 1.39. The standard InChI is InChI=1S/C9H17F3N2O/c1-2-3-4-5-13-6-8(15)14-7-9(10,11)12/h13H,2-7H2,1H3,(H,14,15). The summed E-state index contributed by atoms with van der Waals surface area (Å²) in [5.74, 6) is -0.621. The Morgan fingerprint density at radius 2 is 1.93 bits per heavy atom. The molecule has 0 aliphatic carbocycles. The number of halogens is 3. The smallest absolute Gasteiger partial charge is 0.346 e. The number of nitrogens with one attached hydrogen (secondary N) is 2. The van der Waals surface area contributed by atoms with Gasteiger partial charge < -0.3 is 10.6 Å². The van der Waals surface area contributed by atoms with E-state index in [0.717, 1.165) is 19.3 Å². The minimum Gasteiger partial charge on any atom is -0.346 e. The minimum absolute atomic E-state index is 0.0558. The summed E-state index contributed by atoms with van der Waals surface area (Å²) in [6, 6.07) is 0. The third kappa shape index (κ3) is 11.1. The Balaban J connectivity index is 3.34. The van der Waals surface area contributed by atoms with Crippen molar-refractivity contribution < 1.29 is 18.0 Å². The first-order chi connectivity index (χ1) is 6.95. The second-order valence-corrected chi connectivity index (χ2v) is 3.28. The molecule has 0 aromatic heterocycles. The molecule has 2 N–H and O–H groups in total. The highest BCUT2D eigenvalue weighted by Gasteiger charge is 2.27. The molecule has 0 atom stereocenters. The topological polar surface area (TPSA) is 41.1 Å². The van der Waals surface area contributed by atoms with Gasteiger partial charge in [0, 0.05) is 0 Å². The van der Waals surface area contributed by atoms with Crippen LogP contribution in [0, 0.1) is 0 Å². The molecule has 0 aromatic rings. The van der Waals surface area contributed by atoms with Crippen LogP contribution in [0.1, 0.15) is 26.2 Å². The second kappa shape index (κ2) is 7.50. The molecule has 0 aliphatic rings. The van der Waals surface area contributed by atoms with Crippen LogP contribution >= 0.6 is 0 Å². The fourth-order valence-corrected chi connectivity index (χ4v) is 0.963. The van der Waals surface area contributed by atoms with Crippen LogP contribution in [0.15, 0.2) is 0 Å². The number of hydrogen-bond acceptors (Lipinski definition) is 2. The molecule has 0 aliphatic heterocycles. The number of carbonyl (C=O) groups is 1. The average Bonchev–Trinajstić information content (AvgIpc) is 2.13. The lowest BCUT2D eigenvalue weighted by atomic mass is 10.2. The van der Waals surface area contributed by atoms with Gasteiger partial charge in [-0.2, -0.15) is 13.2 Å². The third-order valence-corrected chi connectivity index (χ3v) is 1.73. The Bertz CT molecular complexity index is 183. The molecular weight excluding hydrogens is 209 g/mol. The zero-order valence-electron chi connectivity index (χ0n) is 8.78. The van der Waals surface area contributed by atoms with E-state index in [-0.39, 0.29) is 6.54 Å². The van der Waals surface area contributed by atoms with Crippen LogP contribution < -0.4 is 10.6 Å². The predicted octanol–water partition coefficient (Wildman–Crippen LogP) is 1.44. The summed E-state index contributed by atoms with van der Waals surface area (Å²) in [7, 11) is 0. The second-order valence-electron chi connectivity index (χ2n) is 3.28. The van der Waals surface area contributed by atoms with E-state index < -0.39 is 18.6 Å². The summed E-state index contributed by atoms with van der Waals surface area (Å²) in [5, 5.41) is 4.56. The molecule has 0 radical (unpaired) electrons. The first-order valence-corrected chi connectivity index (χ1v) is 5.00. The largest absolute Gasteiger partial charge is 0.405 e. The van der Waals surface area contributed by atoms with Crippen LogP contribution in [0.4, 0.5) is 13.2 Å². The lowest BCUT2D eigenvalue weighted by Gasteiger charge is -2.08. The van der Waals surface area contributed by atoms with Crippen LogP contribution in [0.25, 0.3) is 0 Å².